The van der Waals surface area contributed by atoms with Crippen molar-refractivity contribution in [2.45, 2.75) is 24.6 Å². The molecule has 0 radical (unpaired) electrons. The summed E-state index contributed by atoms with van der Waals surface area (Å²) < 4.78 is 54.2. The van der Waals surface area contributed by atoms with E-state index in [9.17, 15) is 22.4 Å². The summed E-state index contributed by atoms with van der Waals surface area (Å²) >= 11 is 1.24. The standard InChI is InChI=1S/C20H16F4N2O2S/c1-2-4-17-18(27)26(19(29-17)25-15-6-3-5-14(21)11-15)12-13-7-9-16(10-8-13)28-20(22,23)24/h2-3,5-11,17H,1,4,12H2. The number of ether oxygens (including phenoxy) is 1. The highest BCUT2D eigenvalue weighted by atomic mass is 32.2. The second kappa shape index (κ2) is 8.69. The zero-order chi connectivity index (χ0) is 21.0. The van der Waals surface area contributed by atoms with E-state index in [4.69, 9.17) is 0 Å². The second-order valence-corrected chi connectivity index (χ2v) is 7.29. The molecule has 29 heavy (non-hydrogen) atoms. The number of rotatable bonds is 6. The van der Waals surface area contributed by atoms with Gasteiger partial charge in [-0.25, -0.2) is 9.38 Å². The number of aliphatic imine (C=N–C) groups is 1. The Morgan fingerprint density at radius 2 is 1.93 bits per heavy atom. The van der Waals surface area contributed by atoms with E-state index in [0.717, 1.165) is 0 Å². The lowest BCUT2D eigenvalue weighted by Gasteiger charge is -2.17. The minimum absolute atomic E-state index is 0.111. The number of thioether (sulfide) groups is 1. The highest BCUT2D eigenvalue weighted by Gasteiger charge is 2.37. The predicted molar refractivity (Wildman–Crippen MR) is 103 cm³/mol. The minimum atomic E-state index is -4.77. The second-order valence-electron chi connectivity index (χ2n) is 6.12. The average molecular weight is 424 g/mol. The fourth-order valence-electron chi connectivity index (χ4n) is 2.68. The van der Waals surface area contributed by atoms with Gasteiger partial charge in [0.05, 0.1) is 17.5 Å². The predicted octanol–water partition coefficient (Wildman–Crippen LogP) is 5.43. The summed E-state index contributed by atoms with van der Waals surface area (Å²) in [6, 6.07) is 10.9. The molecular weight excluding hydrogens is 408 g/mol. The minimum Gasteiger partial charge on any atom is -0.406 e. The molecule has 0 aliphatic carbocycles. The number of nitrogens with zero attached hydrogens (tertiary/aromatic N) is 2. The molecule has 4 nitrogen and oxygen atoms in total. The fraction of sp³-hybridized carbons (Fsp3) is 0.200. The topological polar surface area (TPSA) is 41.9 Å². The summed E-state index contributed by atoms with van der Waals surface area (Å²) in [7, 11) is 0. The molecular formula is C20H16F4N2O2S. The zero-order valence-electron chi connectivity index (χ0n) is 15.0. The molecule has 1 heterocycles. The number of alkyl halides is 3. The Bertz CT molecular complexity index is 929. The third kappa shape index (κ3) is 5.60. The molecule has 152 valence electrons. The van der Waals surface area contributed by atoms with Crippen molar-refractivity contribution in [2.75, 3.05) is 0 Å². The third-order valence-electron chi connectivity index (χ3n) is 3.93. The Labute approximate surface area is 168 Å². The number of hydrogen-bond acceptors (Lipinski definition) is 4. The monoisotopic (exact) mass is 424 g/mol. The summed E-state index contributed by atoms with van der Waals surface area (Å²) in [5.41, 5.74) is 0.957. The van der Waals surface area contributed by atoms with E-state index in [0.29, 0.717) is 22.8 Å². The van der Waals surface area contributed by atoms with Crippen LogP contribution in [0.4, 0.5) is 23.2 Å². The van der Waals surface area contributed by atoms with Crippen molar-refractivity contribution >= 4 is 28.5 Å². The van der Waals surface area contributed by atoms with Crippen LogP contribution < -0.4 is 4.74 Å². The maximum Gasteiger partial charge on any atom is 0.573 e. The maximum atomic E-state index is 13.5. The van der Waals surface area contributed by atoms with E-state index in [2.05, 4.69) is 16.3 Å². The summed E-state index contributed by atoms with van der Waals surface area (Å²) in [5.74, 6) is -0.988. The molecule has 1 aliphatic heterocycles. The van der Waals surface area contributed by atoms with Gasteiger partial charge in [0.15, 0.2) is 5.17 Å². The number of carbonyl (C=O) groups excluding carboxylic acids is 1. The Hall–Kier alpha value is -2.81. The number of amides is 1. The van der Waals surface area contributed by atoms with Crippen LogP contribution in [0.15, 0.2) is 66.2 Å². The van der Waals surface area contributed by atoms with Crippen molar-refractivity contribution in [1.82, 2.24) is 4.90 Å². The molecule has 9 heteroatoms. The van der Waals surface area contributed by atoms with Crippen LogP contribution in [-0.4, -0.2) is 27.6 Å². The number of amidine groups is 1. The summed E-state index contributed by atoms with van der Waals surface area (Å²) in [4.78, 5) is 18.6. The molecule has 1 atom stereocenters. The van der Waals surface area contributed by atoms with E-state index >= 15 is 0 Å². The largest absolute Gasteiger partial charge is 0.573 e. The van der Waals surface area contributed by atoms with Gasteiger partial charge in [0, 0.05) is 0 Å². The van der Waals surface area contributed by atoms with Crippen molar-refractivity contribution in [3.63, 3.8) is 0 Å². The van der Waals surface area contributed by atoms with Gasteiger partial charge in [-0.3, -0.25) is 9.69 Å². The first kappa shape index (κ1) is 20.9. The van der Waals surface area contributed by atoms with Gasteiger partial charge in [0.25, 0.3) is 0 Å². The number of benzene rings is 2. The van der Waals surface area contributed by atoms with Gasteiger partial charge in [0.1, 0.15) is 11.6 Å². The molecule has 1 saturated heterocycles. The molecule has 2 aromatic rings. The zero-order valence-corrected chi connectivity index (χ0v) is 15.8. The quantitative estimate of drug-likeness (QED) is 0.459. The summed E-state index contributed by atoms with van der Waals surface area (Å²) in [5, 5.41) is -0.0179. The average Bonchev–Trinajstić information content (AvgIpc) is 2.91. The molecule has 1 fully saturated rings. The number of halogens is 4. The van der Waals surface area contributed by atoms with E-state index in [1.807, 2.05) is 0 Å². The van der Waals surface area contributed by atoms with E-state index < -0.39 is 17.4 Å². The van der Waals surface area contributed by atoms with Gasteiger partial charge in [-0.2, -0.15) is 0 Å². The lowest BCUT2D eigenvalue weighted by atomic mass is 10.2. The van der Waals surface area contributed by atoms with Crippen LogP contribution in [-0.2, 0) is 11.3 Å². The first-order valence-electron chi connectivity index (χ1n) is 8.53. The van der Waals surface area contributed by atoms with Crippen LogP contribution in [0.1, 0.15) is 12.0 Å². The molecule has 0 bridgehead atoms. The normalized spacial score (nSPS) is 18.3. The molecule has 0 saturated carbocycles. The molecule has 0 spiro atoms. The lowest BCUT2D eigenvalue weighted by Crippen LogP contribution is -2.31. The van der Waals surface area contributed by atoms with E-state index in [1.54, 1.807) is 12.1 Å². The summed E-state index contributed by atoms with van der Waals surface area (Å²) in [6.45, 7) is 3.76. The molecule has 2 aromatic carbocycles. The van der Waals surface area contributed by atoms with Crippen LogP contribution in [0.5, 0.6) is 5.75 Å². The smallest absolute Gasteiger partial charge is 0.406 e. The lowest BCUT2D eigenvalue weighted by molar-refractivity contribution is -0.274. The van der Waals surface area contributed by atoms with Gasteiger partial charge in [-0.15, -0.1) is 19.8 Å². The van der Waals surface area contributed by atoms with Crippen molar-refractivity contribution < 1.29 is 27.1 Å². The highest BCUT2D eigenvalue weighted by Crippen LogP contribution is 2.33. The molecule has 1 unspecified atom stereocenters. The van der Waals surface area contributed by atoms with Gasteiger partial charge in [-0.05, 0) is 42.3 Å². The number of carbonyl (C=O) groups is 1. The molecule has 3 rings (SSSR count). The molecule has 1 amide bonds. The summed E-state index contributed by atoms with van der Waals surface area (Å²) in [6.07, 6.45) is -2.71. The van der Waals surface area contributed by atoms with E-state index in [-0.39, 0.29) is 18.2 Å². The molecule has 0 aromatic heterocycles. The van der Waals surface area contributed by atoms with E-state index in [1.165, 1.54) is 59.1 Å². The number of allylic oxidation sites excluding steroid dienone is 1. The van der Waals surface area contributed by atoms with Crippen LogP contribution in [0.2, 0.25) is 0 Å². The third-order valence-corrected chi connectivity index (χ3v) is 5.13. The Balaban J connectivity index is 1.83. The van der Waals surface area contributed by atoms with Crippen molar-refractivity contribution in [1.29, 1.82) is 0 Å². The van der Waals surface area contributed by atoms with Crippen LogP contribution >= 0.6 is 11.8 Å². The SMILES string of the molecule is C=CCC1SC(=Nc2cccc(F)c2)N(Cc2ccc(OC(F)(F)F)cc2)C1=O. The van der Waals surface area contributed by atoms with Gasteiger partial charge >= 0.3 is 6.36 Å². The van der Waals surface area contributed by atoms with Gasteiger partial charge < -0.3 is 4.74 Å². The van der Waals surface area contributed by atoms with Crippen LogP contribution in [0, 0.1) is 5.82 Å². The van der Waals surface area contributed by atoms with Crippen molar-refractivity contribution in [3.05, 3.63) is 72.6 Å². The van der Waals surface area contributed by atoms with Crippen molar-refractivity contribution in [3.8, 4) is 5.75 Å². The van der Waals surface area contributed by atoms with Crippen molar-refractivity contribution in [2.24, 2.45) is 4.99 Å². The van der Waals surface area contributed by atoms with Gasteiger partial charge in [0.2, 0.25) is 5.91 Å². The molecule has 1 aliphatic rings. The first-order chi connectivity index (χ1) is 13.7. The fourth-order valence-corrected chi connectivity index (χ4v) is 3.83. The Morgan fingerprint density at radius 1 is 1.21 bits per heavy atom. The maximum absolute atomic E-state index is 13.5. The molecule has 0 N–H and O–H groups in total. The number of hydrogen-bond donors (Lipinski definition) is 0. The highest BCUT2D eigenvalue weighted by molar-refractivity contribution is 8.15. The van der Waals surface area contributed by atoms with Gasteiger partial charge in [-0.1, -0.05) is 36.0 Å². The van der Waals surface area contributed by atoms with Crippen LogP contribution in [0.3, 0.4) is 0 Å². The Morgan fingerprint density at radius 3 is 2.55 bits per heavy atom. The first-order valence-corrected chi connectivity index (χ1v) is 9.41. The Kier molecular flexibility index (Phi) is 6.26. The van der Waals surface area contributed by atoms with Crippen LogP contribution in [0.25, 0.3) is 0 Å².